The molecule has 0 amide bonds. The van der Waals surface area contributed by atoms with E-state index < -0.39 is 0 Å². The van der Waals surface area contributed by atoms with Crippen LogP contribution in [-0.4, -0.2) is 17.7 Å². The van der Waals surface area contributed by atoms with Gasteiger partial charge in [0.1, 0.15) is 5.84 Å². The number of amidine groups is 2. The molecule has 4 heteroatoms. The second kappa shape index (κ2) is 3.72. The van der Waals surface area contributed by atoms with E-state index in [0.717, 1.165) is 18.3 Å². The van der Waals surface area contributed by atoms with Gasteiger partial charge in [0.15, 0.2) is 0 Å². The lowest BCUT2D eigenvalue weighted by Crippen LogP contribution is -2.23. The van der Waals surface area contributed by atoms with Crippen molar-refractivity contribution in [3.8, 4) is 0 Å². The van der Waals surface area contributed by atoms with Crippen molar-refractivity contribution < 1.29 is 0 Å². The van der Waals surface area contributed by atoms with Crippen molar-refractivity contribution in [1.82, 2.24) is 5.32 Å². The van der Waals surface area contributed by atoms with Gasteiger partial charge in [0, 0.05) is 6.54 Å². The van der Waals surface area contributed by atoms with Crippen LogP contribution < -0.4 is 5.32 Å². The van der Waals surface area contributed by atoms with Gasteiger partial charge in [0.2, 0.25) is 5.29 Å². The van der Waals surface area contributed by atoms with Gasteiger partial charge in [-0.1, -0.05) is 0 Å². The SMILES string of the molecule is C/C(=N\C(=N)Cl)NCC1CC1. The molecule has 0 spiro atoms. The van der Waals surface area contributed by atoms with Crippen molar-refractivity contribution in [3.63, 3.8) is 0 Å². The number of rotatable bonds is 2. The van der Waals surface area contributed by atoms with E-state index in [-0.39, 0.29) is 5.29 Å². The van der Waals surface area contributed by atoms with E-state index in [1.165, 1.54) is 12.8 Å². The maximum atomic E-state index is 6.86. The highest BCUT2D eigenvalue weighted by molar-refractivity contribution is 6.64. The normalized spacial score (nSPS) is 18.2. The number of nitrogens with one attached hydrogen (secondary N) is 2. The predicted octanol–water partition coefficient (Wildman–Crippen LogP) is 1.58. The molecule has 1 aliphatic carbocycles. The summed E-state index contributed by atoms with van der Waals surface area (Å²) in [7, 11) is 0. The maximum absolute atomic E-state index is 6.86. The van der Waals surface area contributed by atoms with E-state index in [9.17, 15) is 0 Å². The quantitative estimate of drug-likeness (QED) is 0.372. The summed E-state index contributed by atoms with van der Waals surface area (Å²) >= 11 is 5.26. The summed E-state index contributed by atoms with van der Waals surface area (Å²) in [6.45, 7) is 2.79. The van der Waals surface area contributed by atoms with E-state index in [1.807, 2.05) is 6.92 Å². The van der Waals surface area contributed by atoms with Crippen molar-refractivity contribution in [2.45, 2.75) is 19.8 Å². The first-order chi connectivity index (χ1) is 5.18. The largest absolute Gasteiger partial charge is 0.373 e. The van der Waals surface area contributed by atoms with Crippen LogP contribution in [0.15, 0.2) is 4.99 Å². The summed E-state index contributed by atoms with van der Waals surface area (Å²) in [5, 5.41) is 9.80. The highest BCUT2D eigenvalue weighted by Crippen LogP contribution is 2.27. The summed E-state index contributed by atoms with van der Waals surface area (Å²) in [6.07, 6.45) is 2.64. The Kier molecular flexibility index (Phi) is 2.88. The van der Waals surface area contributed by atoms with E-state index >= 15 is 0 Å². The third kappa shape index (κ3) is 3.98. The molecular formula is C7H12ClN3. The van der Waals surface area contributed by atoms with Crippen molar-refractivity contribution in [3.05, 3.63) is 0 Å². The zero-order valence-corrected chi connectivity index (χ0v) is 7.28. The number of hydrogen-bond acceptors (Lipinski definition) is 1. The van der Waals surface area contributed by atoms with Crippen LogP contribution in [0.1, 0.15) is 19.8 Å². The molecular weight excluding hydrogens is 162 g/mol. The Morgan fingerprint density at radius 1 is 1.73 bits per heavy atom. The number of hydrogen-bond donors (Lipinski definition) is 2. The van der Waals surface area contributed by atoms with Crippen molar-refractivity contribution >= 4 is 22.7 Å². The predicted molar refractivity (Wildman–Crippen MR) is 47.4 cm³/mol. The molecule has 0 unspecified atom stereocenters. The van der Waals surface area contributed by atoms with E-state index in [1.54, 1.807) is 0 Å². The second-order valence-corrected chi connectivity index (χ2v) is 3.17. The van der Waals surface area contributed by atoms with Crippen LogP contribution in [0.25, 0.3) is 0 Å². The van der Waals surface area contributed by atoms with Crippen LogP contribution in [-0.2, 0) is 0 Å². The molecule has 0 aromatic heterocycles. The zero-order chi connectivity index (χ0) is 8.27. The summed E-state index contributed by atoms with van der Waals surface area (Å²) in [6, 6.07) is 0. The van der Waals surface area contributed by atoms with Gasteiger partial charge in [-0.05, 0) is 37.3 Å². The van der Waals surface area contributed by atoms with Crippen molar-refractivity contribution in [2.75, 3.05) is 6.54 Å². The summed E-state index contributed by atoms with van der Waals surface area (Å²) in [5.41, 5.74) is 0. The van der Waals surface area contributed by atoms with E-state index in [2.05, 4.69) is 10.3 Å². The van der Waals surface area contributed by atoms with Gasteiger partial charge < -0.3 is 5.32 Å². The zero-order valence-electron chi connectivity index (χ0n) is 6.52. The Bertz CT molecular complexity index is 184. The minimum atomic E-state index is -0.161. The first-order valence-electron chi connectivity index (χ1n) is 3.71. The molecule has 0 aromatic carbocycles. The Hall–Kier alpha value is -0.570. The van der Waals surface area contributed by atoms with Crippen LogP contribution in [0.4, 0.5) is 0 Å². The molecule has 2 N–H and O–H groups in total. The van der Waals surface area contributed by atoms with Gasteiger partial charge >= 0.3 is 0 Å². The van der Waals surface area contributed by atoms with Gasteiger partial charge in [-0.2, -0.15) is 0 Å². The molecule has 0 aliphatic heterocycles. The van der Waals surface area contributed by atoms with Crippen LogP contribution in [0.5, 0.6) is 0 Å². The minimum absolute atomic E-state index is 0.161. The molecule has 1 aliphatic rings. The van der Waals surface area contributed by atoms with Crippen molar-refractivity contribution in [1.29, 1.82) is 5.41 Å². The van der Waals surface area contributed by atoms with E-state index in [0.29, 0.717) is 0 Å². The van der Waals surface area contributed by atoms with E-state index in [4.69, 9.17) is 17.0 Å². The van der Waals surface area contributed by atoms with Gasteiger partial charge in [-0.15, -0.1) is 0 Å². The van der Waals surface area contributed by atoms with Gasteiger partial charge in [0.25, 0.3) is 0 Å². The molecule has 0 radical (unpaired) electrons. The number of nitrogens with zero attached hydrogens (tertiary/aromatic N) is 1. The third-order valence-corrected chi connectivity index (χ3v) is 1.69. The van der Waals surface area contributed by atoms with Crippen LogP contribution in [0.3, 0.4) is 0 Å². The number of halogens is 1. The molecule has 0 saturated heterocycles. The topological polar surface area (TPSA) is 48.2 Å². The summed E-state index contributed by atoms with van der Waals surface area (Å²) in [4.78, 5) is 3.73. The molecule has 0 bridgehead atoms. The van der Waals surface area contributed by atoms with Crippen LogP contribution in [0, 0.1) is 11.3 Å². The lowest BCUT2D eigenvalue weighted by Gasteiger charge is -2.01. The fourth-order valence-electron chi connectivity index (χ4n) is 0.801. The molecule has 1 rings (SSSR count). The molecule has 3 nitrogen and oxygen atoms in total. The Balaban J connectivity index is 2.17. The second-order valence-electron chi connectivity index (χ2n) is 2.81. The van der Waals surface area contributed by atoms with Gasteiger partial charge in [-0.3, -0.25) is 5.41 Å². The molecule has 0 heterocycles. The molecule has 1 saturated carbocycles. The van der Waals surface area contributed by atoms with Gasteiger partial charge in [-0.25, -0.2) is 4.99 Å². The summed E-state index contributed by atoms with van der Waals surface area (Å²) < 4.78 is 0. The lowest BCUT2D eigenvalue weighted by molar-refractivity contribution is 0.771. The average molecular weight is 174 g/mol. The minimum Gasteiger partial charge on any atom is -0.373 e. The first-order valence-corrected chi connectivity index (χ1v) is 4.09. The molecule has 62 valence electrons. The standard InChI is InChI=1S/C7H12ClN3/c1-5(11-7(8)9)10-4-6-2-3-6/h6H,2-4H2,1H3,(H2,9,10,11). The molecule has 11 heavy (non-hydrogen) atoms. The Labute approximate surface area is 71.4 Å². The smallest absolute Gasteiger partial charge is 0.216 e. The fraction of sp³-hybridized carbons (Fsp3) is 0.714. The molecule has 0 aromatic rings. The Morgan fingerprint density at radius 2 is 2.36 bits per heavy atom. The summed E-state index contributed by atoms with van der Waals surface area (Å²) in [5.74, 6) is 1.56. The maximum Gasteiger partial charge on any atom is 0.216 e. The van der Waals surface area contributed by atoms with Crippen molar-refractivity contribution in [2.24, 2.45) is 10.9 Å². The first kappa shape index (κ1) is 8.53. The Morgan fingerprint density at radius 3 is 2.82 bits per heavy atom. The van der Waals surface area contributed by atoms with Crippen LogP contribution >= 0.6 is 11.6 Å². The van der Waals surface area contributed by atoms with Gasteiger partial charge in [0.05, 0.1) is 0 Å². The third-order valence-electron chi connectivity index (χ3n) is 1.61. The highest BCUT2D eigenvalue weighted by atomic mass is 35.5. The average Bonchev–Trinajstić information content (AvgIpc) is 2.63. The molecule has 1 fully saturated rings. The lowest BCUT2D eigenvalue weighted by atomic mass is 10.4. The van der Waals surface area contributed by atoms with Crippen LogP contribution in [0.2, 0.25) is 0 Å². The highest BCUT2D eigenvalue weighted by Gasteiger charge is 2.20. The molecule has 0 atom stereocenters. The fourth-order valence-corrected chi connectivity index (χ4v) is 0.928. The number of aliphatic imine (C=N–C) groups is 1. The monoisotopic (exact) mass is 173 g/mol.